The Morgan fingerprint density at radius 3 is 2.70 bits per heavy atom. The van der Waals surface area contributed by atoms with Crippen molar-refractivity contribution in [3.63, 3.8) is 0 Å². The fraction of sp³-hybridized carbons (Fsp3) is 0.609. The molecule has 3 rings (SSSR count). The molecule has 0 spiro atoms. The lowest BCUT2D eigenvalue weighted by atomic mass is 9.99. The van der Waals surface area contributed by atoms with E-state index >= 15 is 0 Å². The zero-order valence-corrected chi connectivity index (χ0v) is 18.6. The molecule has 0 unspecified atom stereocenters. The van der Waals surface area contributed by atoms with Crippen molar-refractivity contribution >= 4 is 5.96 Å². The van der Waals surface area contributed by atoms with Crippen molar-refractivity contribution in [2.45, 2.75) is 71.5 Å². The molecule has 0 aliphatic carbocycles. The summed E-state index contributed by atoms with van der Waals surface area (Å²) >= 11 is 0. The van der Waals surface area contributed by atoms with Crippen molar-refractivity contribution in [3.05, 3.63) is 47.6 Å². The van der Waals surface area contributed by atoms with Crippen LogP contribution in [0, 0.1) is 0 Å². The van der Waals surface area contributed by atoms with Gasteiger partial charge in [0.25, 0.3) is 0 Å². The fourth-order valence-electron chi connectivity index (χ4n) is 3.93. The Morgan fingerprint density at radius 2 is 2.03 bits per heavy atom. The standard InChI is InChI=1S/C23H36N6O/c1-4-18(5-2)22-15-21(30-28-22)16-26-23(24-6-3)27-19-10-13-29(14-11-19)17-20-9-7-8-12-25-20/h7-9,12,15,18-19H,4-6,10-11,13-14,16-17H2,1-3H3,(H2,24,26,27). The second-order valence-electron chi connectivity index (χ2n) is 7.94. The first kappa shape index (κ1) is 22.3. The van der Waals surface area contributed by atoms with Crippen LogP contribution >= 0.6 is 0 Å². The maximum Gasteiger partial charge on any atom is 0.191 e. The van der Waals surface area contributed by atoms with Gasteiger partial charge in [0.15, 0.2) is 11.7 Å². The monoisotopic (exact) mass is 412 g/mol. The molecular formula is C23H36N6O. The van der Waals surface area contributed by atoms with E-state index in [0.29, 0.717) is 18.5 Å². The molecule has 7 heteroatoms. The van der Waals surface area contributed by atoms with Crippen LogP contribution in [-0.4, -0.2) is 46.7 Å². The molecule has 7 nitrogen and oxygen atoms in total. The smallest absolute Gasteiger partial charge is 0.191 e. The summed E-state index contributed by atoms with van der Waals surface area (Å²) in [6.07, 6.45) is 6.21. The number of pyridine rings is 1. The molecule has 0 radical (unpaired) electrons. The van der Waals surface area contributed by atoms with Gasteiger partial charge in [0.2, 0.25) is 0 Å². The highest BCUT2D eigenvalue weighted by molar-refractivity contribution is 5.80. The summed E-state index contributed by atoms with van der Waals surface area (Å²) in [4.78, 5) is 11.6. The van der Waals surface area contributed by atoms with Crippen LogP contribution in [-0.2, 0) is 13.1 Å². The molecule has 0 aromatic carbocycles. The first-order valence-electron chi connectivity index (χ1n) is 11.3. The molecule has 3 heterocycles. The van der Waals surface area contributed by atoms with Gasteiger partial charge in [0.1, 0.15) is 6.54 Å². The van der Waals surface area contributed by atoms with E-state index in [1.165, 1.54) is 0 Å². The number of rotatable bonds is 9. The molecule has 30 heavy (non-hydrogen) atoms. The van der Waals surface area contributed by atoms with Gasteiger partial charge >= 0.3 is 0 Å². The molecule has 1 aliphatic rings. The molecule has 0 bridgehead atoms. The quantitative estimate of drug-likeness (QED) is 0.483. The van der Waals surface area contributed by atoms with Crippen LogP contribution < -0.4 is 10.6 Å². The Kier molecular flexibility index (Phi) is 8.68. The van der Waals surface area contributed by atoms with E-state index in [9.17, 15) is 0 Å². The van der Waals surface area contributed by atoms with Gasteiger partial charge in [-0.1, -0.05) is 25.1 Å². The zero-order chi connectivity index (χ0) is 21.2. The minimum Gasteiger partial charge on any atom is -0.359 e. The molecule has 1 fully saturated rings. The first-order valence-corrected chi connectivity index (χ1v) is 11.3. The number of aliphatic imine (C=N–C) groups is 1. The van der Waals surface area contributed by atoms with E-state index in [2.05, 4.69) is 64.6 Å². The summed E-state index contributed by atoms with van der Waals surface area (Å²) in [5.74, 6) is 2.13. The Morgan fingerprint density at radius 1 is 1.23 bits per heavy atom. The summed E-state index contributed by atoms with van der Waals surface area (Å²) in [6, 6.07) is 8.60. The lowest BCUT2D eigenvalue weighted by Crippen LogP contribution is -2.48. The summed E-state index contributed by atoms with van der Waals surface area (Å²) in [5.41, 5.74) is 2.18. The van der Waals surface area contributed by atoms with Crippen LogP contribution in [0.4, 0.5) is 0 Å². The Balaban J connectivity index is 1.49. The highest BCUT2D eigenvalue weighted by atomic mass is 16.5. The van der Waals surface area contributed by atoms with Crippen molar-refractivity contribution in [3.8, 4) is 0 Å². The van der Waals surface area contributed by atoms with Crippen LogP contribution in [0.5, 0.6) is 0 Å². The number of aromatic nitrogens is 2. The number of guanidine groups is 1. The summed E-state index contributed by atoms with van der Waals surface area (Å²) in [7, 11) is 0. The van der Waals surface area contributed by atoms with Crippen molar-refractivity contribution in [2.24, 2.45) is 4.99 Å². The van der Waals surface area contributed by atoms with E-state index < -0.39 is 0 Å². The Hall–Kier alpha value is -2.41. The number of likely N-dealkylation sites (tertiary alicyclic amines) is 1. The van der Waals surface area contributed by atoms with Crippen LogP contribution in [0.25, 0.3) is 0 Å². The van der Waals surface area contributed by atoms with Crippen LogP contribution in [0.1, 0.15) is 69.5 Å². The highest BCUT2D eigenvalue weighted by Gasteiger charge is 2.20. The number of hydrogen-bond donors (Lipinski definition) is 2. The third kappa shape index (κ3) is 6.55. The maximum absolute atomic E-state index is 5.51. The number of nitrogens with one attached hydrogen (secondary N) is 2. The zero-order valence-electron chi connectivity index (χ0n) is 18.6. The summed E-state index contributed by atoms with van der Waals surface area (Å²) < 4.78 is 5.51. The normalized spacial score (nSPS) is 16.2. The minimum absolute atomic E-state index is 0.428. The van der Waals surface area contributed by atoms with Gasteiger partial charge in [0, 0.05) is 50.4 Å². The molecule has 2 N–H and O–H groups in total. The van der Waals surface area contributed by atoms with Gasteiger partial charge in [-0.2, -0.15) is 0 Å². The lowest BCUT2D eigenvalue weighted by molar-refractivity contribution is 0.196. The number of hydrogen-bond acceptors (Lipinski definition) is 5. The predicted octanol–water partition coefficient (Wildman–Crippen LogP) is 3.69. The van der Waals surface area contributed by atoms with Gasteiger partial charge in [-0.3, -0.25) is 9.88 Å². The van der Waals surface area contributed by atoms with Gasteiger partial charge in [-0.15, -0.1) is 0 Å². The molecular weight excluding hydrogens is 376 g/mol. The molecule has 1 saturated heterocycles. The highest BCUT2D eigenvalue weighted by Crippen LogP contribution is 2.22. The lowest BCUT2D eigenvalue weighted by Gasteiger charge is -2.32. The molecule has 2 aromatic heterocycles. The second-order valence-corrected chi connectivity index (χ2v) is 7.94. The van der Waals surface area contributed by atoms with Gasteiger partial charge < -0.3 is 15.2 Å². The molecule has 1 aliphatic heterocycles. The van der Waals surface area contributed by atoms with Crippen molar-refractivity contribution in [2.75, 3.05) is 19.6 Å². The molecule has 2 aromatic rings. The topological polar surface area (TPSA) is 78.6 Å². The van der Waals surface area contributed by atoms with Gasteiger partial charge in [-0.05, 0) is 44.7 Å². The number of nitrogens with zero attached hydrogens (tertiary/aromatic N) is 4. The third-order valence-electron chi connectivity index (χ3n) is 5.76. The summed E-state index contributed by atoms with van der Waals surface area (Å²) in [5, 5.41) is 11.2. The fourth-order valence-corrected chi connectivity index (χ4v) is 3.93. The minimum atomic E-state index is 0.428. The Labute approximate surface area is 180 Å². The SMILES string of the molecule is CCNC(=NCc1cc(C(CC)CC)no1)NC1CCN(Cc2ccccn2)CC1. The molecule has 0 saturated carbocycles. The van der Waals surface area contributed by atoms with Crippen LogP contribution in [0.3, 0.4) is 0 Å². The summed E-state index contributed by atoms with van der Waals surface area (Å²) in [6.45, 7) is 10.9. The predicted molar refractivity (Wildman–Crippen MR) is 120 cm³/mol. The van der Waals surface area contributed by atoms with E-state index in [-0.39, 0.29) is 0 Å². The number of piperidine rings is 1. The molecule has 0 atom stereocenters. The van der Waals surface area contributed by atoms with Crippen LogP contribution in [0.15, 0.2) is 40.0 Å². The van der Waals surface area contributed by atoms with Crippen LogP contribution in [0.2, 0.25) is 0 Å². The molecule has 164 valence electrons. The van der Waals surface area contributed by atoms with Crippen molar-refractivity contribution in [1.29, 1.82) is 0 Å². The van der Waals surface area contributed by atoms with E-state index in [4.69, 9.17) is 9.52 Å². The van der Waals surface area contributed by atoms with Crippen molar-refractivity contribution < 1.29 is 4.52 Å². The third-order valence-corrected chi connectivity index (χ3v) is 5.76. The van der Waals surface area contributed by atoms with Gasteiger partial charge in [0.05, 0.1) is 11.4 Å². The van der Waals surface area contributed by atoms with E-state index in [0.717, 1.165) is 75.0 Å². The average Bonchev–Trinajstić information content (AvgIpc) is 3.24. The van der Waals surface area contributed by atoms with Gasteiger partial charge in [-0.25, -0.2) is 4.99 Å². The maximum atomic E-state index is 5.51. The van der Waals surface area contributed by atoms with E-state index in [1.807, 2.05) is 12.3 Å². The Bertz CT molecular complexity index is 763. The van der Waals surface area contributed by atoms with E-state index in [1.54, 1.807) is 0 Å². The largest absolute Gasteiger partial charge is 0.359 e. The molecule has 0 amide bonds. The second kappa shape index (κ2) is 11.7. The average molecular weight is 413 g/mol. The van der Waals surface area contributed by atoms with Crippen molar-refractivity contribution in [1.82, 2.24) is 25.7 Å². The first-order chi connectivity index (χ1) is 14.7.